The zero-order chi connectivity index (χ0) is 13.7. The van der Waals surface area contributed by atoms with Crippen LogP contribution in [0.3, 0.4) is 0 Å². The van der Waals surface area contributed by atoms with Crippen molar-refractivity contribution < 1.29 is 0 Å². The first-order valence-corrected chi connectivity index (χ1v) is 7.85. The molecule has 0 aromatic carbocycles. The molecule has 19 heavy (non-hydrogen) atoms. The van der Waals surface area contributed by atoms with E-state index < -0.39 is 0 Å². The molecule has 0 amide bonds. The first-order chi connectivity index (χ1) is 9.24. The molecule has 0 fully saturated rings. The minimum absolute atomic E-state index is 0.785. The van der Waals surface area contributed by atoms with Crippen LogP contribution in [0, 0.1) is 0 Å². The Kier molecular flexibility index (Phi) is 5.15. The van der Waals surface area contributed by atoms with E-state index in [1.54, 1.807) is 17.7 Å². The number of thiophene rings is 1. The average molecular weight is 341 g/mol. The number of anilines is 2. The zero-order valence-electron chi connectivity index (χ0n) is 11.0. The van der Waals surface area contributed by atoms with Gasteiger partial charge in [0.1, 0.15) is 18.0 Å². The van der Waals surface area contributed by atoms with Gasteiger partial charge in [-0.1, -0.05) is 13.3 Å². The maximum Gasteiger partial charge on any atom is 0.135 e. The fourth-order valence-corrected chi connectivity index (χ4v) is 3.31. The van der Waals surface area contributed by atoms with Crippen molar-refractivity contribution in [2.45, 2.75) is 26.3 Å². The molecule has 0 saturated carbocycles. The third-order valence-electron chi connectivity index (χ3n) is 2.74. The van der Waals surface area contributed by atoms with Crippen molar-refractivity contribution in [3.63, 3.8) is 0 Å². The summed E-state index contributed by atoms with van der Waals surface area (Å²) in [6.07, 6.45) is 3.63. The number of rotatable bonds is 6. The van der Waals surface area contributed by atoms with Gasteiger partial charge in [0, 0.05) is 17.5 Å². The minimum Gasteiger partial charge on any atom is -0.373 e. The van der Waals surface area contributed by atoms with Crippen LogP contribution in [0.4, 0.5) is 11.6 Å². The van der Waals surface area contributed by atoms with E-state index >= 15 is 0 Å². The summed E-state index contributed by atoms with van der Waals surface area (Å²) in [5.41, 5.74) is 1.16. The van der Waals surface area contributed by atoms with Crippen LogP contribution in [-0.2, 0) is 13.0 Å². The van der Waals surface area contributed by atoms with Gasteiger partial charge in [-0.05, 0) is 34.5 Å². The van der Waals surface area contributed by atoms with Crippen molar-refractivity contribution >= 4 is 38.9 Å². The normalized spacial score (nSPS) is 10.5. The first kappa shape index (κ1) is 14.3. The van der Waals surface area contributed by atoms with Crippen molar-refractivity contribution in [1.29, 1.82) is 0 Å². The van der Waals surface area contributed by atoms with E-state index in [1.807, 2.05) is 7.05 Å². The van der Waals surface area contributed by atoms with Crippen LogP contribution >= 0.6 is 27.3 Å². The van der Waals surface area contributed by atoms with Gasteiger partial charge in [-0.25, -0.2) is 9.97 Å². The summed E-state index contributed by atoms with van der Waals surface area (Å²) >= 11 is 5.21. The molecule has 2 heterocycles. The van der Waals surface area contributed by atoms with E-state index in [4.69, 9.17) is 0 Å². The van der Waals surface area contributed by atoms with Crippen molar-refractivity contribution in [2.24, 2.45) is 0 Å². The SMILES string of the molecule is CCCc1c(NC)ncnc1NCc1ccc(Br)s1. The predicted octanol–water partition coefficient (Wildman–Crippen LogP) is 3.91. The van der Waals surface area contributed by atoms with E-state index in [0.29, 0.717) is 0 Å². The van der Waals surface area contributed by atoms with Gasteiger partial charge >= 0.3 is 0 Å². The highest BCUT2D eigenvalue weighted by Crippen LogP contribution is 2.25. The Morgan fingerprint density at radius 1 is 1.26 bits per heavy atom. The highest BCUT2D eigenvalue weighted by Gasteiger charge is 2.09. The lowest BCUT2D eigenvalue weighted by Gasteiger charge is -2.13. The van der Waals surface area contributed by atoms with Crippen LogP contribution in [0.5, 0.6) is 0 Å². The number of aromatic nitrogens is 2. The number of nitrogens with one attached hydrogen (secondary N) is 2. The highest BCUT2D eigenvalue weighted by atomic mass is 79.9. The maximum atomic E-state index is 4.36. The Balaban J connectivity index is 2.14. The number of nitrogens with zero attached hydrogens (tertiary/aromatic N) is 2. The Morgan fingerprint density at radius 3 is 2.68 bits per heavy atom. The predicted molar refractivity (Wildman–Crippen MR) is 84.9 cm³/mol. The Morgan fingerprint density at radius 2 is 2.05 bits per heavy atom. The summed E-state index contributed by atoms with van der Waals surface area (Å²) in [6.45, 7) is 2.94. The van der Waals surface area contributed by atoms with Gasteiger partial charge in [0.25, 0.3) is 0 Å². The monoisotopic (exact) mass is 340 g/mol. The summed E-state index contributed by atoms with van der Waals surface area (Å²) in [5.74, 6) is 1.83. The molecule has 0 aliphatic rings. The highest BCUT2D eigenvalue weighted by molar-refractivity contribution is 9.11. The van der Waals surface area contributed by atoms with Gasteiger partial charge < -0.3 is 10.6 Å². The second kappa shape index (κ2) is 6.86. The van der Waals surface area contributed by atoms with E-state index in [2.05, 4.69) is 55.6 Å². The molecule has 0 aliphatic heterocycles. The lowest BCUT2D eigenvalue weighted by Crippen LogP contribution is -2.08. The summed E-state index contributed by atoms with van der Waals surface area (Å²) < 4.78 is 1.15. The Labute approximate surface area is 125 Å². The molecule has 2 rings (SSSR count). The summed E-state index contributed by atoms with van der Waals surface area (Å²) in [5, 5.41) is 6.53. The number of hydrogen-bond donors (Lipinski definition) is 2. The molecule has 0 bridgehead atoms. The molecular formula is C13H17BrN4S. The lowest BCUT2D eigenvalue weighted by molar-refractivity contribution is 0.899. The van der Waals surface area contributed by atoms with Gasteiger partial charge in [0.2, 0.25) is 0 Å². The number of hydrogen-bond acceptors (Lipinski definition) is 5. The smallest absolute Gasteiger partial charge is 0.135 e. The summed E-state index contributed by atoms with van der Waals surface area (Å²) in [4.78, 5) is 9.90. The van der Waals surface area contributed by atoms with Crippen LogP contribution in [-0.4, -0.2) is 17.0 Å². The van der Waals surface area contributed by atoms with Crippen molar-refractivity contribution in [1.82, 2.24) is 9.97 Å². The second-order valence-electron chi connectivity index (χ2n) is 4.11. The molecule has 2 N–H and O–H groups in total. The molecule has 0 aliphatic carbocycles. The van der Waals surface area contributed by atoms with E-state index in [-0.39, 0.29) is 0 Å². The van der Waals surface area contributed by atoms with Crippen molar-refractivity contribution in [3.05, 3.63) is 32.7 Å². The van der Waals surface area contributed by atoms with E-state index in [9.17, 15) is 0 Å². The third-order valence-corrected chi connectivity index (χ3v) is 4.36. The van der Waals surface area contributed by atoms with Crippen molar-refractivity contribution in [3.8, 4) is 0 Å². The zero-order valence-corrected chi connectivity index (χ0v) is 13.4. The van der Waals surface area contributed by atoms with Crippen LogP contribution in [0.25, 0.3) is 0 Å². The quantitative estimate of drug-likeness (QED) is 0.836. The molecule has 4 nitrogen and oxygen atoms in total. The van der Waals surface area contributed by atoms with E-state index in [1.165, 1.54) is 4.88 Å². The average Bonchev–Trinajstić information content (AvgIpc) is 2.83. The third kappa shape index (κ3) is 3.67. The van der Waals surface area contributed by atoms with E-state index in [0.717, 1.165) is 40.4 Å². The van der Waals surface area contributed by atoms with Crippen molar-refractivity contribution in [2.75, 3.05) is 17.7 Å². The molecule has 0 spiro atoms. The fourth-order valence-electron chi connectivity index (χ4n) is 1.88. The largest absolute Gasteiger partial charge is 0.373 e. The Bertz CT molecular complexity index is 541. The minimum atomic E-state index is 0.785. The molecule has 0 atom stereocenters. The van der Waals surface area contributed by atoms with Crippen LogP contribution in [0.1, 0.15) is 23.8 Å². The lowest BCUT2D eigenvalue weighted by atomic mass is 10.1. The molecular weight excluding hydrogens is 324 g/mol. The fraction of sp³-hybridized carbons (Fsp3) is 0.385. The molecule has 2 aromatic rings. The molecule has 2 aromatic heterocycles. The first-order valence-electron chi connectivity index (χ1n) is 6.24. The van der Waals surface area contributed by atoms with Gasteiger partial charge in [-0.2, -0.15) is 0 Å². The van der Waals surface area contributed by atoms with Gasteiger partial charge in [-0.15, -0.1) is 11.3 Å². The molecule has 0 radical (unpaired) electrons. The molecule has 0 unspecified atom stereocenters. The van der Waals surface area contributed by atoms with Gasteiger partial charge in [0.15, 0.2) is 0 Å². The van der Waals surface area contributed by atoms with Gasteiger partial charge in [-0.3, -0.25) is 0 Å². The second-order valence-corrected chi connectivity index (χ2v) is 6.66. The van der Waals surface area contributed by atoms with Gasteiger partial charge in [0.05, 0.1) is 10.3 Å². The van der Waals surface area contributed by atoms with Crippen LogP contribution in [0.2, 0.25) is 0 Å². The molecule has 102 valence electrons. The maximum absolute atomic E-state index is 4.36. The summed E-state index contributed by atoms with van der Waals surface area (Å²) in [7, 11) is 1.89. The Hall–Kier alpha value is -1.14. The molecule has 0 saturated heterocycles. The number of halogens is 1. The topological polar surface area (TPSA) is 49.8 Å². The summed E-state index contributed by atoms with van der Waals surface area (Å²) in [6, 6.07) is 4.18. The standard InChI is InChI=1S/C13H17BrN4S/c1-3-4-10-12(15-2)17-8-18-13(10)16-7-9-5-6-11(14)19-9/h5-6,8H,3-4,7H2,1-2H3,(H2,15,16,17,18). The van der Waals surface area contributed by atoms with Crippen LogP contribution in [0.15, 0.2) is 22.2 Å². The van der Waals surface area contributed by atoms with Crippen LogP contribution < -0.4 is 10.6 Å². The molecule has 6 heteroatoms.